The highest BCUT2D eigenvalue weighted by Gasteiger charge is 2.33. The summed E-state index contributed by atoms with van der Waals surface area (Å²) in [4.78, 5) is 43.8. The second kappa shape index (κ2) is 11.8. The summed E-state index contributed by atoms with van der Waals surface area (Å²) in [5.74, 6) is 0.169. The van der Waals surface area contributed by atoms with Gasteiger partial charge in [-0.15, -0.1) is 11.8 Å². The summed E-state index contributed by atoms with van der Waals surface area (Å²) < 4.78 is 13.3. The first-order valence-electron chi connectivity index (χ1n) is 12.2. The first kappa shape index (κ1) is 29.1. The van der Waals surface area contributed by atoms with Crippen molar-refractivity contribution in [2.24, 2.45) is 4.99 Å². The number of halogens is 2. The Morgan fingerprint density at radius 3 is 2.68 bits per heavy atom. The molecule has 41 heavy (non-hydrogen) atoms. The van der Waals surface area contributed by atoms with Gasteiger partial charge in [-0.25, -0.2) is 9.79 Å². The number of hydrogen-bond donors (Lipinski definition) is 0. The lowest BCUT2D eigenvalue weighted by Gasteiger charge is -2.24. The van der Waals surface area contributed by atoms with Crippen LogP contribution in [0.4, 0.5) is 5.69 Å². The number of nitro groups is 1. The highest BCUT2D eigenvalue weighted by molar-refractivity contribution is 9.10. The number of carbonyl (C=O) groups is 1. The molecule has 0 fully saturated rings. The fraction of sp³-hybridized carbons (Fsp3) is 0.179. The van der Waals surface area contributed by atoms with E-state index in [1.54, 1.807) is 49.9 Å². The molecule has 4 aromatic rings. The summed E-state index contributed by atoms with van der Waals surface area (Å²) in [6.07, 6.45) is 3.55. The molecule has 0 N–H and O–H groups in total. The van der Waals surface area contributed by atoms with Gasteiger partial charge in [0.25, 0.3) is 11.2 Å². The predicted octanol–water partition coefficient (Wildman–Crippen LogP) is 6.10. The van der Waals surface area contributed by atoms with E-state index >= 15 is 0 Å². The Hall–Kier alpha value is -3.45. The lowest BCUT2D eigenvalue weighted by Crippen LogP contribution is -2.39. The minimum absolute atomic E-state index is 0.166. The van der Waals surface area contributed by atoms with E-state index in [4.69, 9.17) is 20.8 Å². The Morgan fingerprint density at radius 1 is 1.29 bits per heavy atom. The third kappa shape index (κ3) is 5.56. The number of thioether (sulfide) groups is 1. The molecule has 1 atom stereocenters. The monoisotopic (exact) mass is 673 g/mol. The van der Waals surface area contributed by atoms with E-state index in [0.717, 1.165) is 10.5 Å². The summed E-state index contributed by atoms with van der Waals surface area (Å²) >= 11 is 12.1. The van der Waals surface area contributed by atoms with Gasteiger partial charge in [-0.3, -0.25) is 19.5 Å². The Morgan fingerprint density at radius 2 is 2.02 bits per heavy atom. The average Bonchev–Trinajstić information content (AvgIpc) is 3.53. The first-order valence-corrected chi connectivity index (χ1v) is 15.4. The molecule has 210 valence electrons. The summed E-state index contributed by atoms with van der Waals surface area (Å²) in [6, 6.07) is 13.2. The number of furan rings is 1. The largest absolute Gasteiger partial charge is 0.463 e. The molecule has 1 aliphatic heterocycles. The van der Waals surface area contributed by atoms with E-state index < -0.39 is 16.9 Å². The number of benzene rings is 2. The summed E-state index contributed by atoms with van der Waals surface area (Å²) in [6.45, 7) is 3.64. The van der Waals surface area contributed by atoms with Crippen LogP contribution in [0.2, 0.25) is 5.02 Å². The number of allylic oxidation sites excluding steroid dienone is 1. The maximum absolute atomic E-state index is 13.8. The van der Waals surface area contributed by atoms with Crippen LogP contribution < -0.4 is 14.9 Å². The van der Waals surface area contributed by atoms with Gasteiger partial charge in [0.1, 0.15) is 16.0 Å². The van der Waals surface area contributed by atoms with Crippen LogP contribution in [-0.4, -0.2) is 28.3 Å². The zero-order valence-corrected chi connectivity index (χ0v) is 25.8. The molecule has 9 nitrogen and oxygen atoms in total. The number of nitro benzene ring substituents is 1. The molecule has 2 aromatic heterocycles. The number of esters is 1. The van der Waals surface area contributed by atoms with Gasteiger partial charge in [0.2, 0.25) is 0 Å². The van der Waals surface area contributed by atoms with Crippen LogP contribution >= 0.6 is 50.6 Å². The number of thiazole rings is 1. The Labute approximate surface area is 255 Å². The van der Waals surface area contributed by atoms with Crippen molar-refractivity contribution in [1.29, 1.82) is 0 Å². The molecule has 0 amide bonds. The van der Waals surface area contributed by atoms with E-state index in [9.17, 15) is 19.7 Å². The first-order chi connectivity index (χ1) is 19.6. The standard InChI is InChI=1S/C28H21BrClN3O6S2/c1-4-38-27(35)23-14(2)31-28-32(25(23)15-5-8-18(40-3)9-6-15)26(34)22(41-28)13-17-7-10-21(39-17)16-11-19(30)24(29)20(12-16)33(36)37/h5-13,25H,4H2,1-3H3/b22-13-/t25-/m0/s1. The van der Waals surface area contributed by atoms with Crippen molar-refractivity contribution < 1.29 is 18.9 Å². The van der Waals surface area contributed by atoms with Crippen LogP contribution in [0.25, 0.3) is 17.4 Å². The molecule has 3 heterocycles. The van der Waals surface area contributed by atoms with Gasteiger partial charge in [0.05, 0.1) is 38.4 Å². The molecule has 0 unspecified atom stereocenters. The number of nitrogens with zero attached hydrogens (tertiary/aromatic N) is 3. The molecule has 0 saturated carbocycles. The van der Waals surface area contributed by atoms with Gasteiger partial charge in [0, 0.05) is 22.6 Å². The van der Waals surface area contributed by atoms with Gasteiger partial charge in [-0.05, 0) is 71.9 Å². The number of ether oxygens (including phenoxy) is 1. The highest BCUT2D eigenvalue weighted by Crippen LogP contribution is 2.37. The van der Waals surface area contributed by atoms with E-state index in [-0.39, 0.29) is 27.3 Å². The van der Waals surface area contributed by atoms with Gasteiger partial charge in [0.15, 0.2) is 4.80 Å². The molecule has 5 rings (SSSR count). The fourth-order valence-corrected chi connectivity index (χ4v) is 6.48. The Kier molecular flexibility index (Phi) is 8.37. The van der Waals surface area contributed by atoms with Gasteiger partial charge in [-0.1, -0.05) is 35.1 Å². The van der Waals surface area contributed by atoms with Crippen LogP contribution in [0.1, 0.15) is 31.2 Å². The lowest BCUT2D eigenvalue weighted by molar-refractivity contribution is -0.385. The van der Waals surface area contributed by atoms with Gasteiger partial charge < -0.3 is 9.15 Å². The topological polar surface area (TPSA) is 117 Å². The SMILES string of the molecule is CCOC(=O)C1=C(C)N=c2s/c(=C\c3ccc(-c4cc(Cl)c(Br)c([N+](=O)[O-])c4)o3)c(=O)n2[C@H]1c1ccc(SC)cc1. The maximum Gasteiger partial charge on any atom is 0.338 e. The molecule has 1 aliphatic rings. The van der Waals surface area contributed by atoms with Crippen LogP contribution in [-0.2, 0) is 9.53 Å². The smallest absolute Gasteiger partial charge is 0.338 e. The molecule has 0 spiro atoms. The minimum Gasteiger partial charge on any atom is -0.463 e. The minimum atomic E-state index is -0.721. The molecular weight excluding hydrogens is 654 g/mol. The zero-order chi connectivity index (χ0) is 29.4. The summed E-state index contributed by atoms with van der Waals surface area (Å²) in [5.41, 5.74) is 1.40. The van der Waals surface area contributed by atoms with E-state index in [0.29, 0.717) is 37.7 Å². The number of aromatic nitrogens is 1. The van der Waals surface area contributed by atoms with Crippen molar-refractivity contribution in [3.63, 3.8) is 0 Å². The molecule has 0 radical (unpaired) electrons. The van der Waals surface area contributed by atoms with Crippen molar-refractivity contribution >= 4 is 68.4 Å². The molecule has 13 heteroatoms. The fourth-order valence-electron chi connectivity index (χ4n) is 4.46. The van der Waals surface area contributed by atoms with Crippen molar-refractivity contribution in [2.45, 2.75) is 24.8 Å². The third-order valence-corrected chi connectivity index (χ3v) is 9.43. The lowest BCUT2D eigenvalue weighted by atomic mass is 9.96. The van der Waals surface area contributed by atoms with E-state index in [1.165, 1.54) is 22.0 Å². The number of carbonyl (C=O) groups excluding carboxylic acids is 1. The Balaban J connectivity index is 1.62. The second-order valence-corrected chi connectivity index (χ2v) is 11.9. The molecule has 0 saturated heterocycles. The van der Waals surface area contributed by atoms with Gasteiger partial charge >= 0.3 is 5.97 Å². The normalized spacial score (nSPS) is 15.0. The van der Waals surface area contributed by atoms with E-state index in [2.05, 4.69) is 20.9 Å². The van der Waals surface area contributed by atoms with Crippen molar-refractivity contribution in [1.82, 2.24) is 4.57 Å². The number of fused-ring (bicyclic) bond motifs is 1. The van der Waals surface area contributed by atoms with Crippen molar-refractivity contribution in [3.05, 3.63) is 110 Å². The average molecular weight is 675 g/mol. The quantitative estimate of drug-likeness (QED) is 0.101. The summed E-state index contributed by atoms with van der Waals surface area (Å²) in [7, 11) is 0. The molecule has 0 bridgehead atoms. The molecule has 2 aromatic carbocycles. The van der Waals surface area contributed by atoms with Crippen LogP contribution in [0.15, 0.2) is 83.4 Å². The van der Waals surface area contributed by atoms with Crippen molar-refractivity contribution in [2.75, 3.05) is 12.9 Å². The zero-order valence-electron chi connectivity index (χ0n) is 21.8. The maximum atomic E-state index is 13.8. The third-order valence-electron chi connectivity index (χ3n) is 6.34. The van der Waals surface area contributed by atoms with E-state index in [1.807, 2.05) is 30.5 Å². The highest BCUT2D eigenvalue weighted by atomic mass is 79.9. The van der Waals surface area contributed by atoms with Crippen LogP contribution in [0.5, 0.6) is 0 Å². The van der Waals surface area contributed by atoms with Crippen molar-refractivity contribution in [3.8, 4) is 11.3 Å². The predicted molar refractivity (Wildman–Crippen MR) is 162 cm³/mol. The molecular formula is C28H21BrClN3O6S2. The summed E-state index contributed by atoms with van der Waals surface area (Å²) in [5, 5.41) is 11.6. The molecule has 0 aliphatic carbocycles. The van der Waals surface area contributed by atoms with Gasteiger partial charge in [-0.2, -0.15) is 0 Å². The Bertz CT molecular complexity index is 1910. The second-order valence-electron chi connectivity index (χ2n) is 8.83. The van der Waals surface area contributed by atoms with Crippen LogP contribution in [0.3, 0.4) is 0 Å². The number of hydrogen-bond acceptors (Lipinski definition) is 9. The number of rotatable bonds is 7. The van der Waals surface area contributed by atoms with Crippen LogP contribution in [0, 0.1) is 10.1 Å².